The minimum Gasteiger partial charge on any atom is -0.357 e. The minimum absolute atomic E-state index is 0. The van der Waals surface area contributed by atoms with E-state index >= 15 is 0 Å². The number of carbonyl (C=O) groups is 1. The summed E-state index contributed by atoms with van der Waals surface area (Å²) >= 11 is 0. The number of halogens is 1. The highest BCUT2D eigenvalue weighted by Crippen LogP contribution is 2.28. The summed E-state index contributed by atoms with van der Waals surface area (Å²) in [4.78, 5) is 20.2. The molecule has 0 aliphatic heterocycles. The molecule has 0 saturated heterocycles. The van der Waals surface area contributed by atoms with E-state index in [-0.39, 0.29) is 29.9 Å². The van der Waals surface area contributed by atoms with E-state index in [1.165, 1.54) is 6.42 Å². The monoisotopic (exact) mass is 417 g/mol. The molecule has 1 amide bonds. The van der Waals surface area contributed by atoms with Crippen LogP contribution in [0.5, 0.6) is 0 Å². The summed E-state index contributed by atoms with van der Waals surface area (Å²) in [5.41, 5.74) is 0.568. The molecule has 6 nitrogen and oxygen atoms in total. The van der Waals surface area contributed by atoms with E-state index < -0.39 is 0 Å². The molecule has 1 aliphatic rings. The van der Waals surface area contributed by atoms with Gasteiger partial charge in [0, 0.05) is 31.5 Å². The van der Waals surface area contributed by atoms with E-state index in [4.69, 9.17) is 0 Å². The number of hydrogen-bond acceptors (Lipinski definition) is 3. The molecule has 1 saturated carbocycles. The van der Waals surface area contributed by atoms with Crippen LogP contribution in [-0.2, 0) is 0 Å². The fourth-order valence-corrected chi connectivity index (χ4v) is 1.96. The first-order chi connectivity index (χ1) is 10.2. The smallest absolute Gasteiger partial charge is 0.252 e. The second-order valence-corrected chi connectivity index (χ2v) is 5.22. The van der Waals surface area contributed by atoms with Gasteiger partial charge < -0.3 is 16.0 Å². The van der Waals surface area contributed by atoms with Crippen LogP contribution in [0.4, 0.5) is 0 Å². The van der Waals surface area contributed by atoms with Gasteiger partial charge in [-0.05, 0) is 31.4 Å². The van der Waals surface area contributed by atoms with Gasteiger partial charge in [0.25, 0.3) is 5.91 Å². The first kappa shape index (κ1) is 18.7. The lowest BCUT2D eigenvalue weighted by molar-refractivity contribution is 0.0954. The van der Waals surface area contributed by atoms with Gasteiger partial charge in [-0.1, -0.05) is 6.92 Å². The Hall–Kier alpha value is -1.38. The van der Waals surface area contributed by atoms with Crippen LogP contribution < -0.4 is 16.0 Å². The third-order valence-electron chi connectivity index (χ3n) is 3.37. The summed E-state index contributed by atoms with van der Waals surface area (Å²) in [5.74, 6) is 1.42. The average Bonchev–Trinajstić information content (AvgIpc) is 3.19. The summed E-state index contributed by atoms with van der Waals surface area (Å²) in [6, 6.07) is 4.02. The Morgan fingerprint density at radius 3 is 2.82 bits per heavy atom. The second kappa shape index (κ2) is 9.60. The fraction of sp³-hybridized carbons (Fsp3) is 0.533. The first-order valence-corrected chi connectivity index (χ1v) is 7.43. The van der Waals surface area contributed by atoms with E-state index in [9.17, 15) is 4.79 Å². The maximum absolute atomic E-state index is 11.8. The van der Waals surface area contributed by atoms with Crippen molar-refractivity contribution in [3.63, 3.8) is 0 Å². The summed E-state index contributed by atoms with van der Waals surface area (Å²) in [5, 5.41) is 9.42. The number of nitrogens with one attached hydrogen (secondary N) is 3. The number of aromatic nitrogens is 1. The number of pyridine rings is 1. The fourth-order valence-electron chi connectivity index (χ4n) is 1.96. The van der Waals surface area contributed by atoms with Gasteiger partial charge in [-0.15, -0.1) is 24.0 Å². The quantitative estimate of drug-likeness (QED) is 0.283. The SMILES string of the molecule is CCNC(=NCCNC(=O)c1cccnc1)NC1CC1C.I. The highest BCUT2D eigenvalue weighted by molar-refractivity contribution is 14.0. The highest BCUT2D eigenvalue weighted by atomic mass is 127. The van der Waals surface area contributed by atoms with Crippen molar-refractivity contribution in [3.05, 3.63) is 30.1 Å². The Bertz CT molecular complexity index is 494. The van der Waals surface area contributed by atoms with Crippen LogP contribution in [0, 0.1) is 5.92 Å². The highest BCUT2D eigenvalue weighted by Gasteiger charge is 2.33. The average molecular weight is 417 g/mol. The van der Waals surface area contributed by atoms with Crippen molar-refractivity contribution in [3.8, 4) is 0 Å². The number of hydrogen-bond donors (Lipinski definition) is 3. The van der Waals surface area contributed by atoms with Gasteiger partial charge in [0.05, 0.1) is 12.1 Å². The molecule has 0 aromatic carbocycles. The Labute approximate surface area is 148 Å². The van der Waals surface area contributed by atoms with Crippen molar-refractivity contribution in [1.82, 2.24) is 20.9 Å². The summed E-state index contributed by atoms with van der Waals surface area (Å²) in [6.07, 6.45) is 4.40. The van der Waals surface area contributed by atoms with Gasteiger partial charge in [-0.25, -0.2) is 0 Å². The van der Waals surface area contributed by atoms with Gasteiger partial charge >= 0.3 is 0 Å². The summed E-state index contributed by atoms with van der Waals surface area (Å²) in [7, 11) is 0. The van der Waals surface area contributed by atoms with Gasteiger partial charge in [-0.2, -0.15) is 0 Å². The van der Waals surface area contributed by atoms with Crippen LogP contribution in [0.1, 0.15) is 30.6 Å². The number of nitrogens with zero attached hydrogens (tertiary/aromatic N) is 2. The number of amides is 1. The van der Waals surface area contributed by atoms with Crippen molar-refractivity contribution in [2.75, 3.05) is 19.6 Å². The molecule has 2 rings (SSSR count). The number of rotatable bonds is 6. The predicted octanol–water partition coefficient (Wildman–Crippen LogP) is 1.39. The molecule has 0 radical (unpaired) electrons. The zero-order chi connectivity index (χ0) is 15.1. The van der Waals surface area contributed by atoms with E-state index in [0.29, 0.717) is 24.7 Å². The van der Waals surface area contributed by atoms with Crippen molar-refractivity contribution in [2.24, 2.45) is 10.9 Å². The maximum Gasteiger partial charge on any atom is 0.252 e. The lowest BCUT2D eigenvalue weighted by Crippen LogP contribution is -2.39. The molecule has 1 fully saturated rings. The lowest BCUT2D eigenvalue weighted by atomic mass is 10.3. The van der Waals surface area contributed by atoms with E-state index in [1.807, 2.05) is 6.92 Å². The first-order valence-electron chi connectivity index (χ1n) is 7.43. The number of guanidine groups is 1. The predicted molar refractivity (Wildman–Crippen MR) is 98.7 cm³/mol. The Kier molecular flexibility index (Phi) is 8.15. The van der Waals surface area contributed by atoms with E-state index in [2.05, 4.69) is 32.9 Å². The Balaban J connectivity index is 0.00000242. The molecule has 22 heavy (non-hydrogen) atoms. The van der Waals surface area contributed by atoms with Crippen molar-refractivity contribution in [2.45, 2.75) is 26.3 Å². The number of aliphatic imine (C=N–C) groups is 1. The van der Waals surface area contributed by atoms with Crippen LogP contribution in [0.3, 0.4) is 0 Å². The number of carbonyl (C=O) groups excluding carboxylic acids is 1. The van der Waals surface area contributed by atoms with Crippen LogP contribution in [0.25, 0.3) is 0 Å². The Morgan fingerprint density at radius 2 is 2.23 bits per heavy atom. The minimum atomic E-state index is -0.118. The Morgan fingerprint density at radius 1 is 1.45 bits per heavy atom. The van der Waals surface area contributed by atoms with Gasteiger partial charge in [0.1, 0.15) is 0 Å². The summed E-state index contributed by atoms with van der Waals surface area (Å²) in [6.45, 7) is 6.13. The van der Waals surface area contributed by atoms with Crippen molar-refractivity contribution in [1.29, 1.82) is 0 Å². The topological polar surface area (TPSA) is 78.4 Å². The zero-order valence-corrected chi connectivity index (χ0v) is 15.3. The molecule has 7 heteroatoms. The summed E-state index contributed by atoms with van der Waals surface area (Å²) < 4.78 is 0. The van der Waals surface area contributed by atoms with Crippen molar-refractivity contribution >= 4 is 35.8 Å². The molecule has 0 spiro atoms. The molecular formula is C15H24IN5O. The third-order valence-corrected chi connectivity index (χ3v) is 3.37. The van der Waals surface area contributed by atoms with Crippen molar-refractivity contribution < 1.29 is 4.79 Å². The molecular weight excluding hydrogens is 393 g/mol. The molecule has 1 aliphatic carbocycles. The van der Waals surface area contributed by atoms with Gasteiger partial charge in [0.2, 0.25) is 0 Å². The largest absolute Gasteiger partial charge is 0.357 e. The maximum atomic E-state index is 11.8. The van der Waals surface area contributed by atoms with Crippen LogP contribution in [-0.4, -0.2) is 42.5 Å². The molecule has 1 heterocycles. The molecule has 1 aromatic rings. The normalized spacial score (nSPS) is 19.8. The second-order valence-electron chi connectivity index (χ2n) is 5.22. The standard InChI is InChI=1S/C15H23N5O.HI/c1-3-17-15(20-13-9-11(13)2)19-8-7-18-14(21)12-5-4-6-16-10-12;/h4-6,10-11,13H,3,7-9H2,1-2H3,(H,18,21)(H2,17,19,20);1H. The van der Waals surface area contributed by atoms with E-state index in [1.54, 1.807) is 24.5 Å². The molecule has 3 N–H and O–H groups in total. The third kappa shape index (κ3) is 6.17. The van der Waals surface area contributed by atoms with Crippen LogP contribution in [0.15, 0.2) is 29.5 Å². The molecule has 122 valence electrons. The zero-order valence-electron chi connectivity index (χ0n) is 13.0. The van der Waals surface area contributed by atoms with Crippen LogP contribution >= 0.6 is 24.0 Å². The molecule has 2 unspecified atom stereocenters. The molecule has 0 bridgehead atoms. The van der Waals surface area contributed by atoms with Crippen LogP contribution in [0.2, 0.25) is 0 Å². The van der Waals surface area contributed by atoms with E-state index in [0.717, 1.165) is 18.4 Å². The molecule has 1 aromatic heterocycles. The van der Waals surface area contributed by atoms with Gasteiger partial charge in [-0.3, -0.25) is 14.8 Å². The van der Waals surface area contributed by atoms with Gasteiger partial charge in [0.15, 0.2) is 5.96 Å². The lowest BCUT2D eigenvalue weighted by Gasteiger charge is -2.10. The molecule has 2 atom stereocenters.